The van der Waals surface area contributed by atoms with Gasteiger partial charge >= 0.3 is 0 Å². The number of aryl methyl sites for hydroxylation is 2. The zero-order valence-corrected chi connectivity index (χ0v) is 19.1. The van der Waals surface area contributed by atoms with E-state index in [9.17, 15) is 0 Å². The molecule has 0 aliphatic rings. The molecule has 4 rings (SSSR count). The smallest absolute Gasteiger partial charge is 0.140 e. The monoisotopic (exact) mass is 426 g/mol. The zero-order chi connectivity index (χ0) is 21.8. The Labute approximate surface area is 188 Å². The molecule has 4 aromatic rings. The Balaban J connectivity index is 1.76. The zero-order valence-electron chi connectivity index (χ0n) is 18.3. The van der Waals surface area contributed by atoms with Gasteiger partial charge in [0.2, 0.25) is 0 Å². The molecule has 3 heteroatoms. The third-order valence-corrected chi connectivity index (χ3v) is 6.39. The van der Waals surface area contributed by atoms with E-state index in [1.807, 2.05) is 0 Å². The molecule has 0 saturated carbocycles. The molecule has 0 saturated heterocycles. The van der Waals surface area contributed by atoms with Crippen LogP contribution in [0.4, 0.5) is 0 Å². The molecule has 156 valence electrons. The Morgan fingerprint density at radius 2 is 0.903 bits per heavy atom. The van der Waals surface area contributed by atoms with Gasteiger partial charge in [-0.25, -0.2) is 0 Å². The summed E-state index contributed by atoms with van der Waals surface area (Å²) >= 11 is 1.66. The molecule has 0 spiro atoms. The van der Waals surface area contributed by atoms with Gasteiger partial charge in [-0.05, 0) is 37.1 Å². The maximum absolute atomic E-state index is 5.87. The maximum atomic E-state index is 5.87. The lowest BCUT2D eigenvalue weighted by molar-refractivity contribution is 0.404. The van der Waals surface area contributed by atoms with E-state index in [1.165, 1.54) is 11.1 Å². The van der Waals surface area contributed by atoms with Crippen LogP contribution in [0.2, 0.25) is 0 Å². The third-order valence-electron chi connectivity index (χ3n) is 5.31. The van der Waals surface area contributed by atoms with Crippen molar-refractivity contribution >= 4 is 11.8 Å². The molecular weight excluding hydrogens is 400 g/mol. The van der Waals surface area contributed by atoms with Crippen molar-refractivity contribution in [3.05, 3.63) is 96.1 Å². The van der Waals surface area contributed by atoms with Gasteiger partial charge in [-0.2, -0.15) is 0 Å². The molecular formula is C28H26O2S. The highest BCUT2D eigenvalue weighted by molar-refractivity contribution is 7.99. The summed E-state index contributed by atoms with van der Waals surface area (Å²) in [7, 11) is 3.47. The molecule has 2 nitrogen and oxygen atoms in total. The van der Waals surface area contributed by atoms with Crippen LogP contribution in [-0.4, -0.2) is 14.2 Å². The largest absolute Gasteiger partial charge is 0.495 e. The standard InChI is InChI=1S/C28H26O2S/c1-19-11-15-21(16-12-19)23-7-5-9-25(27(23)29-3)31-26-10-6-8-24(28(26)30-4)22-17-13-20(2)14-18-22/h5-18H,1-4H3. The predicted octanol–water partition coefficient (Wildman–Crippen LogP) is 7.81. The highest BCUT2D eigenvalue weighted by Gasteiger charge is 2.16. The number of methoxy groups -OCH3 is 2. The molecule has 0 unspecified atom stereocenters. The van der Waals surface area contributed by atoms with Crippen LogP contribution in [0.25, 0.3) is 22.3 Å². The minimum Gasteiger partial charge on any atom is -0.495 e. The first-order chi connectivity index (χ1) is 15.1. The van der Waals surface area contributed by atoms with Gasteiger partial charge in [-0.1, -0.05) is 95.7 Å². The molecule has 31 heavy (non-hydrogen) atoms. The minimum absolute atomic E-state index is 0.874. The SMILES string of the molecule is COc1c(Sc2cccc(-c3ccc(C)cc3)c2OC)cccc1-c1ccc(C)cc1. The summed E-state index contributed by atoms with van der Waals surface area (Å²) in [4.78, 5) is 2.11. The first kappa shape index (κ1) is 21.1. The second-order valence-corrected chi connectivity index (χ2v) is 8.59. The normalized spacial score (nSPS) is 10.7. The van der Waals surface area contributed by atoms with Crippen LogP contribution in [0.1, 0.15) is 11.1 Å². The lowest BCUT2D eigenvalue weighted by Crippen LogP contribution is -1.93. The van der Waals surface area contributed by atoms with E-state index in [4.69, 9.17) is 9.47 Å². The Hall–Kier alpha value is -3.17. The minimum atomic E-state index is 0.874. The van der Waals surface area contributed by atoms with Crippen molar-refractivity contribution in [3.8, 4) is 33.8 Å². The van der Waals surface area contributed by atoms with Crippen LogP contribution in [0.3, 0.4) is 0 Å². The molecule has 0 heterocycles. The first-order valence-corrected chi connectivity index (χ1v) is 11.1. The highest BCUT2D eigenvalue weighted by atomic mass is 32.2. The van der Waals surface area contributed by atoms with E-state index in [1.54, 1.807) is 26.0 Å². The number of para-hydroxylation sites is 2. The summed E-state index contributed by atoms with van der Waals surface area (Å²) in [5, 5.41) is 0. The summed E-state index contributed by atoms with van der Waals surface area (Å²) in [5.74, 6) is 1.75. The van der Waals surface area contributed by atoms with Crippen LogP contribution in [0.5, 0.6) is 11.5 Å². The van der Waals surface area contributed by atoms with Crippen molar-refractivity contribution in [1.29, 1.82) is 0 Å². The molecule has 0 aliphatic heterocycles. The Kier molecular flexibility index (Phi) is 6.34. The highest BCUT2D eigenvalue weighted by Crippen LogP contribution is 2.46. The van der Waals surface area contributed by atoms with Crippen LogP contribution >= 0.6 is 11.8 Å². The van der Waals surface area contributed by atoms with E-state index in [0.29, 0.717) is 0 Å². The van der Waals surface area contributed by atoms with Gasteiger partial charge in [0.15, 0.2) is 0 Å². The summed E-state index contributed by atoms with van der Waals surface area (Å²) in [5.41, 5.74) is 6.94. The van der Waals surface area contributed by atoms with Crippen LogP contribution < -0.4 is 9.47 Å². The van der Waals surface area contributed by atoms with Crippen molar-refractivity contribution in [2.75, 3.05) is 14.2 Å². The van der Waals surface area contributed by atoms with Crippen molar-refractivity contribution in [3.63, 3.8) is 0 Å². The number of hydrogen-bond acceptors (Lipinski definition) is 3. The predicted molar refractivity (Wildman–Crippen MR) is 130 cm³/mol. The molecule has 4 aromatic carbocycles. The Morgan fingerprint density at radius 1 is 0.516 bits per heavy atom. The summed E-state index contributed by atoms with van der Waals surface area (Å²) in [6.45, 7) is 4.20. The van der Waals surface area contributed by atoms with Crippen molar-refractivity contribution in [2.45, 2.75) is 23.6 Å². The van der Waals surface area contributed by atoms with Gasteiger partial charge in [0.25, 0.3) is 0 Å². The Morgan fingerprint density at radius 3 is 1.26 bits per heavy atom. The first-order valence-electron chi connectivity index (χ1n) is 10.3. The molecule has 0 N–H and O–H groups in total. The van der Waals surface area contributed by atoms with Crippen LogP contribution in [-0.2, 0) is 0 Å². The van der Waals surface area contributed by atoms with Gasteiger partial charge in [0.05, 0.1) is 24.0 Å². The summed E-state index contributed by atoms with van der Waals surface area (Å²) < 4.78 is 11.7. The molecule has 0 radical (unpaired) electrons. The molecule has 0 amide bonds. The lowest BCUT2D eigenvalue weighted by Gasteiger charge is -2.17. The van der Waals surface area contributed by atoms with E-state index in [2.05, 4.69) is 98.8 Å². The average molecular weight is 427 g/mol. The van der Waals surface area contributed by atoms with Crippen LogP contribution in [0.15, 0.2) is 94.7 Å². The van der Waals surface area contributed by atoms with Gasteiger partial charge < -0.3 is 9.47 Å². The van der Waals surface area contributed by atoms with Gasteiger partial charge in [0, 0.05) is 11.1 Å². The number of hydrogen-bond donors (Lipinski definition) is 0. The van der Waals surface area contributed by atoms with E-state index < -0.39 is 0 Å². The summed E-state index contributed by atoms with van der Waals surface area (Å²) in [6, 6.07) is 29.6. The fraction of sp³-hybridized carbons (Fsp3) is 0.143. The maximum Gasteiger partial charge on any atom is 0.140 e. The lowest BCUT2D eigenvalue weighted by atomic mass is 10.0. The summed E-state index contributed by atoms with van der Waals surface area (Å²) in [6.07, 6.45) is 0. The second kappa shape index (κ2) is 9.32. The van der Waals surface area contributed by atoms with Crippen LogP contribution in [0, 0.1) is 13.8 Å². The Bertz CT molecular complexity index is 1080. The van der Waals surface area contributed by atoms with Crippen molar-refractivity contribution in [2.24, 2.45) is 0 Å². The van der Waals surface area contributed by atoms with Crippen molar-refractivity contribution in [1.82, 2.24) is 0 Å². The second-order valence-electron chi connectivity index (χ2n) is 7.51. The van der Waals surface area contributed by atoms with Gasteiger partial charge in [-0.3, -0.25) is 0 Å². The fourth-order valence-corrected chi connectivity index (χ4v) is 4.75. The topological polar surface area (TPSA) is 18.5 Å². The van der Waals surface area contributed by atoms with Gasteiger partial charge in [-0.15, -0.1) is 0 Å². The number of rotatable bonds is 6. The molecule has 0 fully saturated rings. The average Bonchev–Trinajstić information content (AvgIpc) is 2.80. The number of benzene rings is 4. The molecule has 0 bridgehead atoms. The molecule has 0 aromatic heterocycles. The molecule has 0 aliphatic carbocycles. The van der Waals surface area contributed by atoms with Gasteiger partial charge in [0.1, 0.15) is 11.5 Å². The fourth-order valence-electron chi connectivity index (χ4n) is 3.65. The van der Waals surface area contributed by atoms with E-state index in [0.717, 1.165) is 43.5 Å². The number of ether oxygens (including phenoxy) is 2. The van der Waals surface area contributed by atoms with E-state index >= 15 is 0 Å². The third kappa shape index (κ3) is 4.47. The van der Waals surface area contributed by atoms with E-state index in [-0.39, 0.29) is 0 Å². The molecule has 0 atom stereocenters. The quantitative estimate of drug-likeness (QED) is 0.313. The van der Waals surface area contributed by atoms with Crippen molar-refractivity contribution < 1.29 is 9.47 Å².